The third kappa shape index (κ3) is 4.40. The number of ether oxygens (including phenoxy) is 2. The van der Waals surface area contributed by atoms with Crippen LogP contribution >= 0.6 is 0 Å². The van der Waals surface area contributed by atoms with E-state index in [-0.39, 0.29) is 11.4 Å². The Morgan fingerprint density at radius 1 is 1.00 bits per heavy atom. The largest absolute Gasteiger partial charge is 0.486 e. The predicted octanol–water partition coefficient (Wildman–Crippen LogP) is 2.30. The molecule has 3 rings (SSSR count). The summed E-state index contributed by atoms with van der Waals surface area (Å²) in [6.07, 6.45) is 0. The normalized spacial score (nSPS) is 13.3. The van der Waals surface area contributed by atoms with Gasteiger partial charge >= 0.3 is 0 Å². The Balaban J connectivity index is 1.67. The van der Waals surface area contributed by atoms with E-state index >= 15 is 0 Å². The standard InChI is InChI=1S/C19H22N2O5S/c1-12-8-13(2)19(14(3)9-12)27(23,24)20-11-18(22)21-15-4-5-16-17(10-15)26-7-6-25-16/h4-5,8-10,20H,6-7,11H2,1-3H3,(H,21,22). The SMILES string of the molecule is Cc1cc(C)c(S(=O)(=O)NCC(=O)Nc2ccc3c(c2)OCCO3)c(C)c1. The van der Waals surface area contributed by atoms with Gasteiger partial charge in [-0.25, -0.2) is 13.1 Å². The van der Waals surface area contributed by atoms with Crippen molar-refractivity contribution in [3.63, 3.8) is 0 Å². The van der Waals surface area contributed by atoms with Crippen LogP contribution in [-0.4, -0.2) is 34.1 Å². The number of fused-ring (bicyclic) bond motifs is 1. The lowest BCUT2D eigenvalue weighted by atomic mass is 10.1. The second-order valence-electron chi connectivity index (χ2n) is 6.46. The van der Waals surface area contributed by atoms with Crippen LogP contribution in [0.1, 0.15) is 16.7 Å². The number of carbonyl (C=O) groups excluding carboxylic acids is 1. The highest BCUT2D eigenvalue weighted by atomic mass is 32.2. The van der Waals surface area contributed by atoms with Crippen molar-refractivity contribution < 1.29 is 22.7 Å². The zero-order chi connectivity index (χ0) is 19.6. The molecule has 7 nitrogen and oxygen atoms in total. The van der Waals surface area contributed by atoms with Gasteiger partial charge in [0.2, 0.25) is 15.9 Å². The second kappa shape index (κ2) is 7.58. The van der Waals surface area contributed by atoms with Crippen LogP contribution in [-0.2, 0) is 14.8 Å². The van der Waals surface area contributed by atoms with Crippen molar-refractivity contribution in [2.24, 2.45) is 0 Å². The van der Waals surface area contributed by atoms with Gasteiger partial charge in [0, 0.05) is 11.8 Å². The average Bonchev–Trinajstić information content (AvgIpc) is 2.59. The van der Waals surface area contributed by atoms with Crippen molar-refractivity contribution in [1.82, 2.24) is 4.72 Å². The fraction of sp³-hybridized carbons (Fsp3) is 0.316. The third-order valence-corrected chi connectivity index (χ3v) is 5.83. The molecule has 2 aromatic carbocycles. The van der Waals surface area contributed by atoms with Gasteiger partial charge < -0.3 is 14.8 Å². The molecule has 144 valence electrons. The van der Waals surface area contributed by atoms with Crippen LogP contribution in [0.25, 0.3) is 0 Å². The molecule has 0 fully saturated rings. The van der Waals surface area contributed by atoms with Gasteiger partial charge in [-0.3, -0.25) is 4.79 Å². The molecule has 0 bridgehead atoms. The first-order valence-electron chi connectivity index (χ1n) is 8.53. The van der Waals surface area contributed by atoms with Crippen LogP contribution in [0.4, 0.5) is 5.69 Å². The maximum absolute atomic E-state index is 12.6. The number of amides is 1. The second-order valence-corrected chi connectivity index (χ2v) is 8.16. The molecule has 27 heavy (non-hydrogen) atoms. The van der Waals surface area contributed by atoms with Crippen LogP contribution in [0.15, 0.2) is 35.2 Å². The summed E-state index contributed by atoms with van der Waals surface area (Å²) >= 11 is 0. The molecule has 0 atom stereocenters. The smallest absolute Gasteiger partial charge is 0.241 e. The number of aryl methyl sites for hydroxylation is 3. The summed E-state index contributed by atoms with van der Waals surface area (Å²) in [7, 11) is -3.80. The first kappa shape index (κ1) is 19.2. The Kier molecular flexibility index (Phi) is 5.38. The molecule has 0 radical (unpaired) electrons. The summed E-state index contributed by atoms with van der Waals surface area (Å²) < 4.78 is 38.5. The van der Waals surface area contributed by atoms with Gasteiger partial charge in [-0.15, -0.1) is 0 Å². The Labute approximate surface area is 158 Å². The number of carbonyl (C=O) groups is 1. The van der Waals surface area contributed by atoms with E-state index in [1.807, 2.05) is 6.92 Å². The summed E-state index contributed by atoms with van der Waals surface area (Å²) in [6, 6.07) is 8.63. The monoisotopic (exact) mass is 390 g/mol. The Hall–Kier alpha value is -2.58. The first-order chi connectivity index (χ1) is 12.8. The lowest BCUT2D eigenvalue weighted by molar-refractivity contribution is -0.115. The quantitative estimate of drug-likeness (QED) is 0.817. The fourth-order valence-corrected chi connectivity index (χ4v) is 4.58. The number of rotatable bonds is 5. The van der Waals surface area contributed by atoms with E-state index in [2.05, 4.69) is 10.0 Å². The van der Waals surface area contributed by atoms with Gasteiger partial charge in [0.1, 0.15) is 13.2 Å². The molecule has 0 unspecified atom stereocenters. The van der Waals surface area contributed by atoms with Crippen LogP contribution in [0.5, 0.6) is 11.5 Å². The predicted molar refractivity (Wildman–Crippen MR) is 102 cm³/mol. The molecule has 1 heterocycles. The van der Waals surface area contributed by atoms with Crippen LogP contribution in [0.3, 0.4) is 0 Å². The molecule has 0 spiro atoms. The summed E-state index contributed by atoms with van der Waals surface area (Å²) in [5.74, 6) is 0.688. The highest BCUT2D eigenvalue weighted by molar-refractivity contribution is 7.89. The highest BCUT2D eigenvalue weighted by Gasteiger charge is 2.21. The molecular formula is C19H22N2O5S. The molecule has 1 aliphatic rings. The van der Waals surface area contributed by atoms with E-state index in [0.717, 1.165) is 5.56 Å². The van der Waals surface area contributed by atoms with Crippen molar-refractivity contribution in [2.45, 2.75) is 25.7 Å². The number of sulfonamides is 1. The number of hydrogen-bond donors (Lipinski definition) is 2. The number of nitrogens with one attached hydrogen (secondary N) is 2. The Bertz CT molecular complexity index is 963. The molecule has 2 N–H and O–H groups in total. The Morgan fingerprint density at radius 3 is 2.30 bits per heavy atom. The van der Waals surface area contributed by atoms with Crippen LogP contribution < -0.4 is 19.5 Å². The minimum absolute atomic E-state index is 0.209. The van der Waals surface area contributed by atoms with Crippen LogP contribution in [0.2, 0.25) is 0 Å². The van der Waals surface area contributed by atoms with Crippen LogP contribution in [0, 0.1) is 20.8 Å². The summed E-state index contributed by atoms with van der Waals surface area (Å²) in [6.45, 7) is 5.94. The molecule has 0 aliphatic carbocycles. The first-order valence-corrected chi connectivity index (χ1v) is 10.0. The van der Waals surface area contributed by atoms with E-state index in [1.165, 1.54) is 0 Å². The van der Waals surface area contributed by atoms with Crippen molar-refractivity contribution >= 4 is 21.6 Å². The summed E-state index contributed by atoms with van der Waals surface area (Å²) in [5.41, 5.74) is 2.78. The third-order valence-electron chi connectivity index (χ3n) is 4.12. The molecule has 0 aromatic heterocycles. The van der Waals surface area contributed by atoms with Crippen molar-refractivity contribution in [3.05, 3.63) is 47.0 Å². The van der Waals surface area contributed by atoms with Crippen molar-refractivity contribution in [2.75, 3.05) is 25.1 Å². The minimum Gasteiger partial charge on any atom is -0.486 e. The summed E-state index contributed by atoms with van der Waals surface area (Å²) in [5, 5.41) is 2.65. The zero-order valence-electron chi connectivity index (χ0n) is 15.5. The van der Waals surface area contributed by atoms with E-state index in [4.69, 9.17) is 9.47 Å². The van der Waals surface area contributed by atoms with E-state index in [1.54, 1.807) is 44.2 Å². The minimum atomic E-state index is -3.80. The van der Waals surface area contributed by atoms with Gasteiger partial charge in [-0.05, 0) is 44.0 Å². The van der Waals surface area contributed by atoms with Gasteiger partial charge in [-0.1, -0.05) is 17.7 Å². The lowest BCUT2D eigenvalue weighted by Crippen LogP contribution is -2.33. The van der Waals surface area contributed by atoms with Gasteiger partial charge in [0.15, 0.2) is 11.5 Å². The molecule has 8 heteroatoms. The van der Waals surface area contributed by atoms with Crippen molar-refractivity contribution in [1.29, 1.82) is 0 Å². The number of benzene rings is 2. The van der Waals surface area contributed by atoms with E-state index in [0.29, 0.717) is 41.5 Å². The van der Waals surface area contributed by atoms with Crippen molar-refractivity contribution in [3.8, 4) is 11.5 Å². The van der Waals surface area contributed by atoms with E-state index in [9.17, 15) is 13.2 Å². The van der Waals surface area contributed by atoms with Gasteiger partial charge in [-0.2, -0.15) is 0 Å². The topological polar surface area (TPSA) is 93.7 Å². The maximum Gasteiger partial charge on any atom is 0.241 e. The molecule has 2 aromatic rings. The number of hydrogen-bond acceptors (Lipinski definition) is 5. The molecular weight excluding hydrogens is 368 g/mol. The molecule has 1 aliphatic heterocycles. The fourth-order valence-electron chi connectivity index (χ4n) is 3.15. The molecule has 1 amide bonds. The average molecular weight is 390 g/mol. The van der Waals surface area contributed by atoms with Gasteiger partial charge in [0.05, 0.1) is 11.4 Å². The highest BCUT2D eigenvalue weighted by Crippen LogP contribution is 2.32. The summed E-state index contributed by atoms with van der Waals surface area (Å²) in [4.78, 5) is 12.4. The lowest BCUT2D eigenvalue weighted by Gasteiger charge is -2.19. The van der Waals surface area contributed by atoms with E-state index < -0.39 is 15.9 Å². The zero-order valence-corrected chi connectivity index (χ0v) is 16.3. The molecule has 0 saturated carbocycles. The molecule has 0 saturated heterocycles. The number of anilines is 1. The van der Waals surface area contributed by atoms with Gasteiger partial charge in [0.25, 0.3) is 0 Å². The Morgan fingerprint density at radius 2 is 1.63 bits per heavy atom. The maximum atomic E-state index is 12.6.